The van der Waals surface area contributed by atoms with Crippen LogP contribution in [0.1, 0.15) is 18.4 Å². The molecule has 1 fully saturated rings. The Morgan fingerprint density at radius 1 is 1.35 bits per heavy atom. The molecule has 1 aliphatic heterocycles. The Kier molecular flexibility index (Phi) is 4.32. The average molecular weight is 315 g/mol. The van der Waals surface area contributed by atoms with Gasteiger partial charge in [0.2, 0.25) is 6.79 Å². The molecule has 1 aromatic rings. The number of fused-ring (bicyclic) bond motifs is 1. The number of hydrogen-bond donors (Lipinski definition) is 1. The minimum Gasteiger partial charge on any atom is -0.507 e. The number of aliphatic hydroxyl groups excluding tert-OH is 1. The number of allylic oxidation sites excluding steroid dienone is 1. The van der Waals surface area contributed by atoms with Crippen LogP contribution >= 0.6 is 0 Å². The molecule has 0 aromatic heterocycles. The highest BCUT2D eigenvalue weighted by atomic mass is 16.7. The van der Waals surface area contributed by atoms with Crippen molar-refractivity contribution in [3.05, 3.63) is 41.2 Å². The van der Waals surface area contributed by atoms with E-state index in [1.54, 1.807) is 18.2 Å². The molecule has 23 heavy (non-hydrogen) atoms. The second-order valence-electron chi connectivity index (χ2n) is 5.25. The van der Waals surface area contributed by atoms with Gasteiger partial charge in [-0.3, -0.25) is 4.99 Å². The van der Waals surface area contributed by atoms with Crippen molar-refractivity contribution >= 4 is 18.3 Å². The highest BCUT2D eigenvalue weighted by Crippen LogP contribution is 2.32. The Bertz CT molecular complexity index is 701. The fraction of sp³-hybridized carbons (Fsp3) is 0.294. The molecular formula is C17H17NO5. The summed E-state index contributed by atoms with van der Waals surface area (Å²) in [5.74, 6) is 0.522. The van der Waals surface area contributed by atoms with Crippen LogP contribution in [0.25, 0.3) is 6.08 Å². The summed E-state index contributed by atoms with van der Waals surface area (Å²) in [6, 6.07) is 5.66. The van der Waals surface area contributed by atoms with Crippen molar-refractivity contribution in [2.75, 3.05) is 13.9 Å². The third kappa shape index (κ3) is 3.71. The molecule has 0 spiro atoms. The van der Waals surface area contributed by atoms with Gasteiger partial charge in [-0.05, 0) is 36.6 Å². The lowest BCUT2D eigenvalue weighted by Gasteiger charge is -2.02. The number of methoxy groups -OCH3 is 1. The summed E-state index contributed by atoms with van der Waals surface area (Å²) in [5, 5.41) is 10.1. The van der Waals surface area contributed by atoms with Crippen LogP contribution in [0.2, 0.25) is 0 Å². The first-order valence-corrected chi connectivity index (χ1v) is 7.30. The van der Waals surface area contributed by atoms with Gasteiger partial charge in [-0.15, -0.1) is 0 Å². The molecule has 1 aromatic carbocycles. The zero-order chi connectivity index (χ0) is 16.2. The van der Waals surface area contributed by atoms with Crippen molar-refractivity contribution in [1.29, 1.82) is 0 Å². The number of aliphatic imine (C=N–C) groups is 1. The summed E-state index contributed by atoms with van der Waals surface area (Å²) in [5.41, 5.74) is 0.848. The Labute approximate surface area is 133 Å². The largest absolute Gasteiger partial charge is 0.507 e. The van der Waals surface area contributed by atoms with Gasteiger partial charge < -0.3 is 19.3 Å². The number of rotatable bonds is 5. The zero-order valence-corrected chi connectivity index (χ0v) is 12.7. The van der Waals surface area contributed by atoms with Crippen molar-refractivity contribution in [3.8, 4) is 11.5 Å². The number of esters is 1. The lowest BCUT2D eigenvalue weighted by Crippen LogP contribution is -2.09. The van der Waals surface area contributed by atoms with Gasteiger partial charge in [-0.1, -0.05) is 12.1 Å². The van der Waals surface area contributed by atoms with E-state index in [1.165, 1.54) is 19.4 Å². The molecule has 0 unspecified atom stereocenters. The number of ether oxygens (including phenoxy) is 3. The zero-order valence-electron chi connectivity index (χ0n) is 12.7. The van der Waals surface area contributed by atoms with Crippen molar-refractivity contribution < 1.29 is 24.1 Å². The molecule has 0 bridgehead atoms. The maximum absolute atomic E-state index is 11.7. The van der Waals surface area contributed by atoms with Crippen molar-refractivity contribution in [3.63, 3.8) is 0 Å². The van der Waals surface area contributed by atoms with Crippen LogP contribution < -0.4 is 9.47 Å². The number of nitrogens with zero attached hydrogens (tertiary/aromatic N) is 1. The van der Waals surface area contributed by atoms with E-state index in [-0.39, 0.29) is 24.2 Å². The monoisotopic (exact) mass is 315 g/mol. The predicted molar refractivity (Wildman–Crippen MR) is 84.8 cm³/mol. The lowest BCUT2D eigenvalue weighted by atomic mass is 10.1. The molecule has 6 nitrogen and oxygen atoms in total. The summed E-state index contributed by atoms with van der Waals surface area (Å²) in [6.07, 6.45) is 6.51. The third-order valence-electron chi connectivity index (χ3n) is 3.47. The third-order valence-corrected chi connectivity index (χ3v) is 3.47. The van der Waals surface area contributed by atoms with Gasteiger partial charge in [0.05, 0.1) is 13.2 Å². The standard InChI is InChI=1S/C17H17NO5/c1-21-17(20)13(9-18-12-4-5-12)14(19)6-2-11-3-7-15-16(8-11)23-10-22-15/h2-3,6-9,12,19H,4-5,10H2,1H3. The molecule has 0 atom stereocenters. The number of aliphatic hydroxyl groups is 1. The van der Waals surface area contributed by atoms with Gasteiger partial charge in [0.25, 0.3) is 0 Å². The Balaban J connectivity index is 1.80. The van der Waals surface area contributed by atoms with Gasteiger partial charge in [0.1, 0.15) is 11.3 Å². The molecule has 3 rings (SSSR count). The summed E-state index contributed by atoms with van der Waals surface area (Å²) < 4.78 is 15.2. The molecule has 0 radical (unpaired) electrons. The highest BCUT2D eigenvalue weighted by Gasteiger charge is 2.20. The first-order chi connectivity index (χ1) is 11.2. The van der Waals surface area contributed by atoms with E-state index in [4.69, 9.17) is 9.47 Å². The predicted octanol–water partition coefficient (Wildman–Crippen LogP) is 2.65. The van der Waals surface area contributed by atoms with Crippen LogP contribution in [0.3, 0.4) is 0 Å². The van der Waals surface area contributed by atoms with Crippen molar-refractivity contribution in [2.24, 2.45) is 4.99 Å². The average Bonchev–Trinajstić information content (AvgIpc) is 3.27. The first-order valence-electron chi connectivity index (χ1n) is 7.30. The molecule has 1 saturated carbocycles. The smallest absolute Gasteiger partial charge is 0.343 e. The number of carbonyl (C=O) groups excluding carboxylic acids is 1. The second kappa shape index (κ2) is 6.56. The summed E-state index contributed by atoms with van der Waals surface area (Å²) in [7, 11) is 1.27. The Morgan fingerprint density at radius 3 is 2.87 bits per heavy atom. The maximum atomic E-state index is 11.7. The van der Waals surface area contributed by atoms with Crippen LogP contribution in [0.15, 0.2) is 40.6 Å². The molecule has 120 valence electrons. The molecule has 1 N–H and O–H groups in total. The van der Waals surface area contributed by atoms with Crippen LogP contribution in [0.4, 0.5) is 0 Å². The van der Waals surface area contributed by atoms with Crippen molar-refractivity contribution in [2.45, 2.75) is 18.9 Å². The minimum absolute atomic E-state index is 0.0383. The van der Waals surface area contributed by atoms with Crippen LogP contribution in [0.5, 0.6) is 11.5 Å². The topological polar surface area (TPSA) is 77.4 Å². The van der Waals surface area contributed by atoms with E-state index in [2.05, 4.69) is 9.73 Å². The number of carbonyl (C=O) groups is 1. The Hall–Kier alpha value is -2.76. The van der Waals surface area contributed by atoms with Gasteiger partial charge in [0, 0.05) is 6.21 Å². The second-order valence-corrected chi connectivity index (χ2v) is 5.25. The molecule has 2 aliphatic rings. The minimum atomic E-state index is -0.623. The fourth-order valence-electron chi connectivity index (χ4n) is 2.02. The summed E-state index contributed by atoms with van der Waals surface area (Å²) in [4.78, 5) is 16.0. The summed E-state index contributed by atoms with van der Waals surface area (Å²) in [6.45, 7) is 0.206. The van der Waals surface area contributed by atoms with Gasteiger partial charge in [-0.2, -0.15) is 0 Å². The molecule has 6 heteroatoms. The van der Waals surface area contributed by atoms with Crippen LogP contribution in [-0.2, 0) is 9.53 Å². The van der Waals surface area contributed by atoms with E-state index >= 15 is 0 Å². The van der Waals surface area contributed by atoms with E-state index in [0.717, 1.165) is 18.4 Å². The summed E-state index contributed by atoms with van der Waals surface area (Å²) >= 11 is 0. The molecule has 0 amide bonds. The van der Waals surface area contributed by atoms with E-state index < -0.39 is 5.97 Å². The maximum Gasteiger partial charge on any atom is 0.343 e. The molecule has 1 aliphatic carbocycles. The van der Waals surface area contributed by atoms with Crippen LogP contribution in [-0.4, -0.2) is 37.2 Å². The van der Waals surface area contributed by atoms with Gasteiger partial charge >= 0.3 is 5.97 Å². The van der Waals surface area contributed by atoms with Gasteiger partial charge in [-0.25, -0.2) is 4.79 Å². The SMILES string of the molecule is COC(=O)C(C=NC1CC1)=C(O)C=Cc1ccc2c(c1)OCO2. The quantitative estimate of drug-likeness (QED) is 0.297. The lowest BCUT2D eigenvalue weighted by molar-refractivity contribution is -0.135. The van der Waals surface area contributed by atoms with Crippen molar-refractivity contribution in [1.82, 2.24) is 0 Å². The molecule has 1 heterocycles. The molecular weight excluding hydrogens is 298 g/mol. The first kappa shape index (κ1) is 15.1. The Morgan fingerprint density at radius 2 is 2.13 bits per heavy atom. The molecule has 0 saturated heterocycles. The van der Waals surface area contributed by atoms with E-state index in [1.807, 2.05) is 6.07 Å². The van der Waals surface area contributed by atoms with E-state index in [9.17, 15) is 9.90 Å². The normalized spacial score (nSPS) is 17.6. The van der Waals surface area contributed by atoms with E-state index in [0.29, 0.717) is 11.5 Å². The van der Waals surface area contributed by atoms with Crippen LogP contribution in [0, 0.1) is 0 Å². The number of hydrogen-bond acceptors (Lipinski definition) is 6. The highest BCUT2D eigenvalue weighted by molar-refractivity contribution is 6.10. The number of benzene rings is 1. The fourth-order valence-corrected chi connectivity index (χ4v) is 2.02. The van der Waals surface area contributed by atoms with Gasteiger partial charge in [0.15, 0.2) is 11.5 Å².